The average molecular weight is 369 g/mol. The van der Waals surface area contributed by atoms with E-state index in [9.17, 15) is 4.39 Å². The molecule has 0 amide bonds. The topological polar surface area (TPSA) is 56.6 Å². The van der Waals surface area contributed by atoms with Crippen LogP contribution in [0.3, 0.4) is 0 Å². The van der Waals surface area contributed by atoms with Crippen LogP contribution >= 0.6 is 0 Å². The Morgan fingerprint density at radius 2 is 1.74 bits per heavy atom. The maximum Gasteiger partial charge on any atom is 0.205 e. The summed E-state index contributed by atoms with van der Waals surface area (Å²) in [6.07, 6.45) is 0. The molecule has 7 heteroatoms. The molecule has 142 valence electrons. The van der Waals surface area contributed by atoms with E-state index in [0.29, 0.717) is 18.9 Å². The number of anilines is 2. The number of fused-ring (bicyclic) bond motifs is 1. The van der Waals surface area contributed by atoms with Gasteiger partial charge in [0, 0.05) is 32.7 Å². The minimum atomic E-state index is -0.165. The molecule has 0 unspecified atom stereocenters. The van der Waals surface area contributed by atoms with Gasteiger partial charge in [-0.1, -0.05) is 24.3 Å². The molecule has 0 spiro atoms. The molecule has 1 saturated heterocycles. The van der Waals surface area contributed by atoms with Gasteiger partial charge in [-0.25, -0.2) is 9.37 Å². The first-order chi connectivity index (χ1) is 13.3. The van der Waals surface area contributed by atoms with E-state index in [2.05, 4.69) is 30.7 Å². The lowest BCUT2D eigenvalue weighted by atomic mass is 10.2. The fourth-order valence-corrected chi connectivity index (χ4v) is 3.56. The van der Waals surface area contributed by atoms with Crippen molar-refractivity contribution < 1.29 is 9.50 Å². The van der Waals surface area contributed by atoms with Crippen LogP contribution in [0.1, 0.15) is 0 Å². The maximum atomic E-state index is 14.0. The van der Waals surface area contributed by atoms with Crippen molar-refractivity contribution in [3.63, 3.8) is 0 Å². The van der Waals surface area contributed by atoms with Crippen LogP contribution in [-0.2, 0) is 6.67 Å². The van der Waals surface area contributed by atoms with Crippen LogP contribution in [0.15, 0.2) is 48.5 Å². The number of hydrogen-bond acceptors (Lipinski definition) is 5. The normalized spacial score (nSPS) is 15.4. The van der Waals surface area contributed by atoms with E-state index in [1.54, 1.807) is 6.07 Å². The minimum absolute atomic E-state index is 0.0600. The van der Waals surface area contributed by atoms with Gasteiger partial charge >= 0.3 is 0 Å². The van der Waals surface area contributed by atoms with E-state index in [1.165, 1.54) is 6.07 Å². The number of hydrogen-bond donors (Lipinski definition) is 2. The molecule has 0 aliphatic carbocycles. The number of benzene rings is 2. The highest BCUT2D eigenvalue weighted by atomic mass is 19.1. The molecule has 0 bridgehead atoms. The van der Waals surface area contributed by atoms with E-state index in [4.69, 9.17) is 5.11 Å². The van der Waals surface area contributed by atoms with Crippen molar-refractivity contribution in [2.24, 2.45) is 0 Å². The van der Waals surface area contributed by atoms with E-state index in [0.717, 1.165) is 43.2 Å². The summed E-state index contributed by atoms with van der Waals surface area (Å²) in [5, 5.41) is 12.3. The molecule has 6 nitrogen and oxygen atoms in total. The Morgan fingerprint density at radius 3 is 2.52 bits per heavy atom. The highest BCUT2D eigenvalue weighted by Crippen LogP contribution is 2.23. The quantitative estimate of drug-likeness (QED) is 0.699. The summed E-state index contributed by atoms with van der Waals surface area (Å²) >= 11 is 0. The second kappa shape index (κ2) is 7.94. The number of para-hydroxylation sites is 3. The Hall–Kier alpha value is -2.64. The second-order valence-corrected chi connectivity index (χ2v) is 6.70. The molecule has 0 saturated carbocycles. The molecule has 3 aromatic rings. The lowest BCUT2D eigenvalue weighted by Gasteiger charge is -2.36. The van der Waals surface area contributed by atoms with Crippen LogP contribution in [0.4, 0.5) is 16.0 Å². The molecule has 1 aliphatic heterocycles. The lowest BCUT2D eigenvalue weighted by Crippen LogP contribution is -2.47. The smallest absolute Gasteiger partial charge is 0.205 e. The summed E-state index contributed by atoms with van der Waals surface area (Å²) in [5.41, 5.74) is 2.67. The van der Waals surface area contributed by atoms with Gasteiger partial charge in [0.25, 0.3) is 0 Å². The third-order valence-electron chi connectivity index (χ3n) is 4.96. The summed E-state index contributed by atoms with van der Waals surface area (Å²) in [4.78, 5) is 9.09. The number of halogens is 1. The Bertz CT molecular complexity index is 904. The largest absolute Gasteiger partial charge is 0.395 e. The predicted molar refractivity (Wildman–Crippen MR) is 105 cm³/mol. The van der Waals surface area contributed by atoms with Crippen molar-refractivity contribution in [1.29, 1.82) is 0 Å². The predicted octanol–water partition coefficient (Wildman–Crippen LogP) is 2.36. The number of nitrogens with one attached hydrogen (secondary N) is 1. The third kappa shape index (κ3) is 3.74. The molecular formula is C20H24FN5O. The van der Waals surface area contributed by atoms with Gasteiger partial charge in [-0.2, -0.15) is 0 Å². The molecule has 2 N–H and O–H groups in total. The van der Waals surface area contributed by atoms with Crippen molar-refractivity contribution in [3.05, 3.63) is 54.3 Å². The van der Waals surface area contributed by atoms with Gasteiger partial charge in [0.05, 0.1) is 30.0 Å². The van der Waals surface area contributed by atoms with Crippen LogP contribution in [0, 0.1) is 5.82 Å². The van der Waals surface area contributed by atoms with Gasteiger partial charge < -0.3 is 15.3 Å². The number of imidazole rings is 1. The van der Waals surface area contributed by atoms with Crippen molar-refractivity contribution in [3.8, 4) is 0 Å². The molecule has 1 aromatic heterocycles. The van der Waals surface area contributed by atoms with Crippen LogP contribution < -0.4 is 10.2 Å². The first-order valence-electron chi connectivity index (χ1n) is 9.28. The van der Waals surface area contributed by atoms with Crippen molar-refractivity contribution in [2.75, 3.05) is 49.5 Å². The monoisotopic (exact) mass is 369 g/mol. The van der Waals surface area contributed by atoms with Crippen molar-refractivity contribution in [1.82, 2.24) is 14.5 Å². The fourth-order valence-electron chi connectivity index (χ4n) is 3.56. The molecule has 1 fully saturated rings. The fraction of sp³-hybridized carbons (Fsp3) is 0.350. The number of piperazine rings is 1. The van der Waals surface area contributed by atoms with Gasteiger partial charge in [0.1, 0.15) is 5.82 Å². The van der Waals surface area contributed by atoms with Crippen LogP contribution in [0.2, 0.25) is 0 Å². The zero-order valence-electron chi connectivity index (χ0n) is 15.2. The summed E-state index contributed by atoms with van der Waals surface area (Å²) in [6.45, 7) is 4.49. The number of rotatable bonds is 6. The standard InChI is InChI=1S/C20H24FN5O/c21-16-5-1-3-7-18(16)25-12-10-24(11-13-25)15-26-19-8-4-2-6-17(19)23-20(26)22-9-14-27/h1-8,27H,9-15H2,(H,22,23). The number of aliphatic hydroxyl groups is 1. The zero-order chi connectivity index (χ0) is 18.6. The van der Waals surface area contributed by atoms with E-state index < -0.39 is 0 Å². The van der Waals surface area contributed by atoms with E-state index in [-0.39, 0.29) is 12.4 Å². The Balaban J connectivity index is 1.48. The zero-order valence-corrected chi connectivity index (χ0v) is 15.2. The Morgan fingerprint density at radius 1 is 1.00 bits per heavy atom. The summed E-state index contributed by atoms with van der Waals surface area (Å²) in [6, 6.07) is 15.0. The lowest BCUT2D eigenvalue weighted by molar-refractivity contribution is 0.209. The maximum absolute atomic E-state index is 14.0. The molecular weight excluding hydrogens is 345 g/mol. The second-order valence-electron chi connectivity index (χ2n) is 6.70. The molecule has 2 aromatic carbocycles. The molecule has 2 heterocycles. The van der Waals surface area contributed by atoms with Gasteiger partial charge in [-0.05, 0) is 24.3 Å². The number of nitrogens with zero attached hydrogens (tertiary/aromatic N) is 4. The van der Waals surface area contributed by atoms with Crippen molar-refractivity contribution >= 4 is 22.7 Å². The van der Waals surface area contributed by atoms with Gasteiger partial charge in [-0.15, -0.1) is 0 Å². The molecule has 4 rings (SSSR count). The molecule has 0 atom stereocenters. The highest BCUT2D eigenvalue weighted by Gasteiger charge is 2.21. The molecule has 0 radical (unpaired) electrons. The van der Waals surface area contributed by atoms with Gasteiger partial charge in [-0.3, -0.25) is 9.47 Å². The van der Waals surface area contributed by atoms with Gasteiger partial charge in [0.2, 0.25) is 5.95 Å². The van der Waals surface area contributed by atoms with Crippen LogP contribution in [-0.4, -0.2) is 58.9 Å². The number of aromatic nitrogens is 2. The molecule has 1 aliphatic rings. The summed E-state index contributed by atoms with van der Waals surface area (Å²) < 4.78 is 16.2. The van der Waals surface area contributed by atoms with E-state index in [1.807, 2.05) is 30.3 Å². The van der Waals surface area contributed by atoms with Crippen molar-refractivity contribution in [2.45, 2.75) is 6.67 Å². The first-order valence-corrected chi connectivity index (χ1v) is 9.28. The van der Waals surface area contributed by atoms with E-state index >= 15 is 0 Å². The Labute approximate surface area is 157 Å². The first kappa shape index (κ1) is 17.8. The SMILES string of the molecule is OCCNc1nc2ccccc2n1CN1CCN(c2ccccc2F)CC1. The minimum Gasteiger partial charge on any atom is -0.395 e. The average Bonchev–Trinajstić information content (AvgIpc) is 3.05. The summed E-state index contributed by atoms with van der Waals surface area (Å²) in [7, 11) is 0. The summed E-state index contributed by atoms with van der Waals surface area (Å²) in [5.74, 6) is 0.601. The third-order valence-corrected chi connectivity index (χ3v) is 4.96. The Kier molecular flexibility index (Phi) is 5.22. The molecule has 27 heavy (non-hydrogen) atoms. The van der Waals surface area contributed by atoms with Crippen LogP contribution in [0.5, 0.6) is 0 Å². The van der Waals surface area contributed by atoms with Gasteiger partial charge in [0.15, 0.2) is 0 Å². The number of aliphatic hydroxyl groups excluding tert-OH is 1. The van der Waals surface area contributed by atoms with Crippen LogP contribution in [0.25, 0.3) is 11.0 Å². The highest BCUT2D eigenvalue weighted by molar-refractivity contribution is 5.78.